The molecule has 1 aliphatic rings. The van der Waals surface area contributed by atoms with Gasteiger partial charge in [-0.2, -0.15) is 0 Å². The third-order valence-corrected chi connectivity index (χ3v) is 4.29. The van der Waals surface area contributed by atoms with Crippen molar-refractivity contribution in [2.24, 2.45) is 5.41 Å². The highest BCUT2D eigenvalue weighted by atomic mass is 16.1. The van der Waals surface area contributed by atoms with Gasteiger partial charge in [0, 0.05) is 17.3 Å². The minimum Gasteiger partial charge on any atom is -0.310 e. The van der Waals surface area contributed by atoms with E-state index in [1.165, 1.54) is 11.3 Å². The molecule has 1 aromatic heterocycles. The van der Waals surface area contributed by atoms with Gasteiger partial charge in [-0.15, -0.1) is 0 Å². The molecule has 0 saturated carbocycles. The minimum atomic E-state index is 0.241. The molecule has 1 heterocycles. The lowest BCUT2D eigenvalue weighted by Gasteiger charge is -2.33. The van der Waals surface area contributed by atoms with E-state index in [0.717, 1.165) is 24.8 Å². The van der Waals surface area contributed by atoms with E-state index in [4.69, 9.17) is 0 Å². The third-order valence-electron chi connectivity index (χ3n) is 4.29. The molecule has 106 valence electrons. The van der Waals surface area contributed by atoms with Crippen LogP contribution in [0.1, 0.15) is 76.7 Å². The lowest BCUT2D eigenvalue weighted by Crippen LogP contribution is -2.34. The smallest absolute Gasteiger partial charge is 0.254 e. The van der Waals surface area contributed by atoms with Crippen LogP contribution in [-0.4, -0.2) is 4.57 Å². The molecular formula is C17H27NO. The summed E-state index contributed by atoms with van der Waals surface area (Å²) in [6.07, 6.45) is 3.09. The van der Waals surface area contributed by atoms with Crippen molar-refractivity contribution in [1.29, 1.82) is 0 Å². The summed E-state index contributed by atoms with van der Waals surface area (Å²) in [6, 6.07) is 2.53. The highest BCUT2D eigenvalue weighted by Gasteiger charge is 2.29. The molecule has 1 aliphatic carbocycles. The highest BCUT2D eigenvalue weighted by Crippen LogP contribution is 2.34. The van der Waals surface area contributed by atoms with E-state index in [1.807, 2.05) is 4.57 Å². The van der Waals surface area contributed by atoms with Crippen molar-refractivity contribution in [3.05, 3.63) is 33.2 Å². The molecular weight excluding hydrogens is 234 g/mol. The number of aromatic nitrogens is 1. The molecule has 0 N–H and O–H groups in total. The van der Waals surface area contributed by atoms with Crippen molar-refractivity contribution in [1.82, 2.24) is 4.57 Å². The van der Waals surface area contributed by atoms with Crippen LogP contribution in [0.15, 0.2) is 10.9 Å². The Bertz CT molecular complexity index is 535. The maximum Gasteiger partial charge on any atom is 0.254 e. The molecule has 0 aliphatic heterocycles. The second-order valence-electron chi connectivity index (χ2n) is 7.34. The zero-order valence-electron chi connectivity index (χ0n) is 13.2. The largest absolute Gasteiger partial charge is 0.310 e. The van der Waals surface area contributed by atoms with E-state index in [9.17, 15) is 4.79 Å². The molecule has 0 aromatic carbocycles. The molecule has 1 aromatic rings. The summed E-state index contributed by atoms with van der Waals surface area (Å²) in [7, 11) is 0. The number of fused-ring (bicyclic) bond motifs is 1. The van der Waals surface area contributed by atoms with Crippen LogP contribution < -0.4 is 5.56 Å². The van der Waals surface area contributed by atoms with E-state index in [2.05, 4.69) is 47.6 Å². The second kappa shape index (κ2) is 4.81. The monoisotopic (exact) mass is 261 g/mol. The normalized spacial score (nSPS) is 17.9. The molecule has 2 rings (SSSR count). The van der Waals surface area contributed by atoms with Crippen LogP contribution in [0.25, 0.3) is 0 Å². The number of hydrogen-bond donors (Lipinski definition) is 0. The van der Waals surface area contributed by atoms with Crippen LogP contribution in [0.3, 0.4) is 0 Å². The quantitative estimate of drug-likeness (QED) is 0.786. The van der Waals surface area contributed by atoms with E-state index >= 15 is 0 Å². The van der Waals surface area contributed by atoms with Crippen LogP contribution >= 0.6 is 0 Å². The van der Waals surface area contributed by atoms with Gasteiger partial charge >= 0.3 is 0 Å². The molecule has 0 unspecified atom stereocenters. The van der Waals surface area contributed by atoms with Crippen molar-refractivity contribution in [2.45, 2.75) is 72.8 Å². The maximum atomic E-state index is 12.8. The van der Waals surface area contributed by atoms with Gasteiger partial charge in [0.2, 0.25) is 0 Å². The van der Waals surface area contributed by atoms with Crippen LogP contribution in [0.2, 0.25) is 0 Å². The van der Waals surface area contributed by atoms with Gasteiger partial charge in [0.05, 0.1) is 0 Å². The van der Waals surface area contributed by atoms with E-state index in [-0.39, 0.29) is 11.6 Å². The molecule has 0 saturated heterocycles. The second-order valence-corrected chi connectivity index (χ2v) is 7.34. The molecule has 0 radical (unpaired) electrons. The SMILES string of the molecule is CC(C)c1cc2c(c(=O)n1C(C)C)CCC(C)(C)C2. The lowest BCUT2D eigenvalue weighted by atomic mass is 9.74. The predicted octanol–water partition coefficient (Wildman–Crippen LogP) is 4.07. The first kappa shape index (κ1) is 14.4. The summed E-state index contributed by atoms with van der Waals surface area (Å²) in [6.45, 7) is 13.2. The fraction of sp³-hybridized carbons (Fsp3) is 0.706. The first-order valence-corrected chi connectivity index (χ1v) is 7.50. The standard InChI is InChI=1S/C17H27NO/c1-11(2)15-9-13-10-17(5,6)8-7-14(13)16(19)18(15)12(3)4/h9,11-12H,7-8,10H2,1-6H3. The average Bonchev–Trinajstić information content (AvgIpc) is 2.25. The average molecular weight is 261 g/mol. The fourth-order valence-corrected chi connectivity index (χ4v) is 3.21. The zero-order chi connectivity index (χ0) is 14.4. The number of hydrogen-bond acceptors (Lipinski definition) is 1. The Labute approximate surface area is 116 Å². The Morgan fingerprint density at radius 1 is 1.21 bits per heavy atom. The van der Waals surface area contributed by atoms with Gasteiger partial charge in [-0.25, -0.2) is 0 Å². The number of nitrogens with zero attached hydrogens (tertiary/aromatic N) is 1. The first-order valence-electron chi connectivity index (χ1n) is 7.50. The predicted molar refractivity (Wildman–Crippen MR) is 81.0 cm³/mol. The van der Waals surface area contributed by atoms with Crippen molar-refractivity contribution >= 4 is 0 Å². The Hall–Kier alpha value is -1.05. The highest BCUT2D eigenvalue weighted by molar-refractivity contribution is 5.32. The molecule has 0 amide bonds. The third kappa shape index (κ3) is 2.63. The van der Waals surface area contributed by atoms with E-state index < -0.39 is 0 Å². The van der Waals surface area contributed by atoms with E-state index in [1.54, 1.807) is 0 Å². The minimum absolute atomic E-state index is 0.241. The van der Waals surface area contributed by atoms with E-state index in [0.29, 0.717) is 11.3 Å². The lowest BCUT2D eigenvalue weighted by molar-refractivity contribution is 0.312. The van der Waals surface area contributed by atoms with Crippen molar-refractivity contribution in [3.63, 3.8) is 0 Å². The summed E-state index contributed by atoms with van der Waals surface area (Å²) < 4.78 is 2.00. The van der Waals surface area contributed by atoms with Crippen LogP contribution in [-0.2, 0) is 12.8 Å². The summed E-state index contributed by atoms with van der Waals surface area (Å²) in [5.41, 5.74) is 4.14. The molecule has 0 bridgehead atoms. The Morgan fingerprint density at radius 2 is 1.84 bits per heavy atom. The van der Waals surface area contributed by atoms with Crippen LogP contribution in [0, 0.1) is 5.41 Å². The summed E-state index contributed by atoms with van der Waals surface area (Å²) in [5.74, 6) is 0.394. The van der Waals surface area contributed by atoms with Gasteiger partial charge < -0.3 is 4.57 Å². The number of pyridine rings is 1. The summed E-state index contributed by atoms with van der Waals surface area (Å²) >= 11 is 0. The molecule has 2 heteroatoms. The van der Waals surface area contributed by atoms with Crippen LogP contribution in [0.4, 0.5) is 0 Å². The summed E-state index contributed by atoms with van der Waals surface area (Å²) in [5, 5.41) is 0. The van der Waals surface area contributed by atoms with Crippen molar-refractivity contribution in [2.75, 3.05) is 0 Å². The van der Waals surface area contributed by atoms with Gasteiger partial charge in [0.15, 0.2) is 0 Å². The molecule has 0 spiro atoms. The first-order chi connectivity index (χ1) is 8.73. The molecule has 19 heavy (non-hydrogen) atoms. The van der Waals surface area contributed by atoms with Gasteiger partial charge in [-0.05, 0) is 56.1 Å². The maximum absolute atomic E-state index is 12.8. The Balaban J connectivity index is 2.65. The van der Waals surface area contributed by atoms with Crippen molar-refractivity contribution in [3.8, 4) is 0 Å². The Morgan fingerprint density at radius 3 is 2.37 bits per heavy atom. The zero-order valence-corrected chi connectivity index (χ0v) is 13.2. The Kier molecular flexibility index (Phi) is 3.63. The summed E-state index contributed by atoms with van der Waals surface area (Å²) in [4.78, 5) is 12.8. The fourth-order valence-electron chi connectivity index (χ4n) is 3.21. The van der Waals surface area contributed by atoms with Gasteiger partial charge in [-0.3, -0.25) is 4.79 Å². The molecule has 0 fully saturated rings. The molecule has 2 nitrogen and oxygen atoms in total. The molecule has 0 atom stereocenters. The van der Waals surface area contributed by atoms with Gasteiger partial charge in [0.1, 0.15) is 0 Å². The van der Waals surface area contributed by atoms with Crippen molar-refractivity contribution < 1.29 is 0 Å². The van der Waals surface area contributed by atoms with Crippen LogP contribution in [0.5, 0.6) is 0 Å². The number of rotatable bonds is 2. The topological polar surface area (TPSA) is 22.0 Å². The van der Waals surface area contributed by atoms with Gasteiger partial charge in [0.25, 0.3) is 5.56 Å². The van der Waals surface area contributed by atoms with Gasteiger partial charge in [-0.1, -0.05) is 27.7 Å².